The molecular formula is C14H18N2O4. The van der Waals surface area contributed by atoms with Gasteiger partial charge in [-0.2, -0.15) is 0 Å². The number of carbonyl (C=O) groups is 2. The van der Waals surface area contributed by atoms with Gasteiger partial charge in [-0.25, -0.2) is 9.59 Å². The van der Waals surface area contributed by atoms with Crippen LogP contribution >= 0.6 is 0 Å². The summed E-state index contributed by atoms with van der Waals surface area (Å²) in [6.07, 6.45) is 3.10. The Morgan fingerprint density at radius 2 is 2.25 bits per heavy atom. The first kappa shape index (κ1) is 14.3. The lowest BCUT2D eigenvalue weighted by molar-refractivity contribution is -0.108. The average Bonchev–Trinajstić information content (AvgIpc) is 3.22. The molecule has 6 heteroatoms. The van der Waals surface area contributed by atoms with Crippen molar-refractivity contribution in [3.63, 3.8) is 0 Å². The minimum Gasteiger partial charge on any atom is -0.406 e. The van der Waals surface area contributed by atoms with E-state index in [-0.39, 0.29) is 5.88 Å². The number of anilines is 1. The molecule has 20 heavy (non-hydrogen) atoms. The molecule has 1 aromatic heterocycles. The van der Waals surface area contributed by atoms with Crippen molar-refractivity contribution in [3.8, 4) is 0 Å². The molecule has 1 aliphatic rings. The fraction of sp³-hybridized carbons (Fsp3) is 0.500. The summed E-state index contributed by atoms with van der Waals surface area (Å²) in [7, 11) is 0. The second-order valence-corrected chi connectivity index (χ2v) is 5.00. The minimum atomic E-state index is -0.564. The largest absolute Gasteiger partial charge is 0.406 e. The molecule has 0 aliphatic heterocycles. The standard InChI is InChI=1S/C14H18N2O4/c1-3-11-6-12(18)20-13(9(11)2)16(7-10-4-5-10)14(19)15-8-17/h6,8,10H,3-5,7H2,1-2H3,(H,15,17,19). The van der Waals surface area contributed by atoms with E-state index in [1.165, 1.54) is 11.0 Å². The molecule has 108 valence electrons. The molecule has 1 aromatic rings. The smallest absolute Gasteiger partial charge is 0.337 e. The van der Waals surface area contributed by atoms with E-state index in [4.69, 9.17) is 4.42 Å². The van der Waals surface area contributed by atoms with Crippen LogP contribution in [0, 0.1) is 12.8 Å². The first-order valence-electron chi connectivity index (χ1n) is 6.72. The molecule has 1 aliphatic carbocycles. The van der Waals surface area contributed by atoms with E-state index in [1.54, 1.807) is 0 Å². The number of rotatable bonds is 5. The van der Waals surface area contributed by atoms with E-state index in [9.17, 15) is 14.4 Å². The van der Waals surface area contributed by atoms with E-state index in [1.807, 2.05) is 13.8 Å². The molecule has 0 bridgehead atoms. The summed E-state index contributed by atoms with van der Waals surface area (Å²) >= 11 is 0. The van der Waals surface area contributed by atoms with Crippen molar-refractivity contribution < 1.29 is 14.0 Å². The summed E-state index contributed by atoms with van der Waals surface area (Å²) < 4.78 is 5.20. The van der Waals surface area contributed by atoms with Gasteiger partial charge in [-0.1, -0.05) is 6.92 Å². The van der Waals surface area contributed by atoms with Crippen LogP contribution in [-0.4, -0.2) is 19.0 Å². The van der Waals surface area contributed by atoms with Crippen LogP contribution in [0.2, 0.25) is 0 Å². The van der Waals surface area contributed by atoms with Gasteiger partial charge in [0.2, 0.25) is 12.3 Å². The van der Waals surface area contributed by atoms with Crippen molar-refractivity contribution in [2.75, 3.05) is 11.4 Å². The Morgan fingerprint density at radius 3 is 2.80 bits per heavy atom. The number of nitrogens with one attached hydrogen (secondary N) is 1. The minimum absolute atomic E-state index is 0.237. The van der Waals surface area contributed by atoms with E-state index in [0.717, 1.165) is 24.0 Å². The molecule has 0 spiro atoms. The molecular weight excluding hydrogens is 260 g/mol. The summed E-state index contributed by atoms with van der Waals surface area (Å²) in [6.45, 7) is 4.20. The number of carbonyl (C=O) groups excluding carboxylic acids is 2. The van der Waals surface area contributed by atoms with Gasteiger partial charge in [0.05, 0.1) is 0 Å². The van der Waals surface area contributed by atoms with Crippen molar-refractivity contribution >= 4 is 18.3 Å². The summed E-state index contributed by atoms with van der Waals surface area (Å²) in [6, 6.07) is 0.873. The summed E-state index contributed by atoms with van der Waals surface area (Å²) in [5, 5.41) is 2.11. The van der Waals surface area contributed by atoms with Crippen molar-refractivity contribution in [2.45, 2.75) is 33.1 Å². The third-order valence-electron chi connectivity index (χ3n) is 3.48. The summed E-state index contributed by atoms with van der Waals surface area (Å²) in [4.78, 5) is 35.4. The zero-order valence-electron chi connectivity index (χ0n) is 11.6. The van der Waals surface area contributed by atoms with Crippen LogP contribution in [0.4, 0.5) is 10.7 Å². The number of nitrogens with zero attached hydrogens (tertiary/aromatic N) is 1. The lowest BCUT2D eigenvalue weighted by Crippen LogP contribution is -2.41. The second kappa shape index (κ2) is 5.90. The maximum atomic E-state index is 12.0. The summed E-state index contributed by atoms with van der Waals surface area (Å²) in [5.74, 6) is 0.642. The molecule has 1 N–H and O–H groups in total. The van der Waals surface area contributed by atoms with Crippen LogP contribution in [-0.2, 0) is 11.2 Å². The van der Waals surface area contributed by atoms with Crippen molar-refractivity contribution in [2.24, 2.45) is 5.92 Å². The molecule has 0 radical (unpaired) electrons. The second-order valence-electron chi connectivity index (χ2n) is 5.00. The Hall–Kier alpha value is -2.11. The lowest BCUT2D eigenvalue weighted by Gasteiger charge is -2.22. The SMILES string of the molecule is CCc1cc(=O)oc(N(CC2CC2)C(=O)NC=O)c1C. The van der Waals surface area contributed by atoms with Gasteiger partial charge in [0.15, 0.2) is 0 Å². The molecule has 3 amide bonds. The molecule has 0 atom stereocenters. The highest BCUT2D eigenvalue weighted by molar-refractivity contribution is 5.97. The van der Waals surface area contributed by atoms with Gasteiger partial charge in [-0.15, -0.1) is 0 Å². The first-order valence-corrected chi connectivity index (χ1v) is 6.72. The topological polar surface area (TPSA) is 79.6 Å². The molecule has 1 saturated carbocycles. The number of hydrogen-bond donors (Lipinski definition) is 1. The number of amides is 3. The number of urea groups is 1. The Labute approximate surface area is 116 Å². The molecule has 1 heterocycles. The number of aryl methyl sites for hydroxylation is 1. The van der Waals surface area contributed by atoms with Crippen LogP contribution in [0.5, 0.6) is 0 Å². The Morgan fingerprint density at radius 1 is 1.55 bits per heavy atom. The van der Waals surface area contributed by atoms with E-state index < -0.39 is 11.7 Å². The van der Waals surface area contributed by atoms with Crippen LogP contribution in [0.25, 0.3) is 0 Å². The van der Waals surface area contributed by atoms with Gasteiger partial charge in [-0.05, 0) is 37.7 Å². The molecule has 6 nitrogen and oxygen atoms in total. The summed E-state index contributed by atoms with van der Waals surface area (Å²) in [5.41, 5.74) is 1.12. The number of hydrogen-bond acceptors (Lipinski definition) is 4. The fourth-order valence-electron chi connectivity index (χ4n) is 2.16. The van der Waals surface area contributed by atoms with Gasteiger partial charge in [0.25, 0.3) is 0 Å². The third kappa shape index (κ3) is 3.07. The van der Waals surface area contributed by atoms with Gasteiger partial charge in [-0.3, -0.25) is 15.0 Å². The first-order chi connectivity index (χ1) is 9.56. The molecule has 0 saturated heterocycles. The third-order valence-corrected chi connectivity index (χ3v) is 3.48. The predicted octanol–water partition coefficient (Wildman–Crippen LogP) is 1.59. The average molecular weight is 278 g/mol. The van der Waals surface area contributed by atoms with Crippen molar-refractivity contribution in [3.05, 3.63) is 27.6 Å². The zero-order valence-corrected chi connectivity index (χ0v) is 11.6. The molecule has 0 unspecified atom stereocenters. The van der Waals surface area contributed by atoms with Crippen molar-refractivity contribution in [1.29, 1.82) is 0 Å². The van der Waals surface area contributed by atoms with Crippen LogP contribution in [0.1, 0.15) is 30.9 Å². The highest BCUT2D eigenvalue weighted by atomic mass is 16.4. The molecule has 0 aromatic carbocycles. The fourth-order valence-corrected chi connectivity index (χ4v) is 2.16. The Balaban J connectivity index is 2.41. The Bertz CT molecular complexity index is 575. The van der Waals surface area contributed by atoms with E-state index in [2.05, 4.69) is 5.32 Å². The quantitative estimate of drug-likeness (QED) is 0.829. The van der Waals surface area contributed by atoms with Gasteiger partial charge in [0, 0.05) is 18.2 Å². The van der Waals surface area contributed by atoms with Crippen LogP contribution < -0.4 is 15.8 Å². The molecule has 1 fully saturated rings. The van der Waals surface area contributed by atoms with Crippen LogP contribution in [0.3, 0.4) is 0 Å². The highest BCUT2D eigenvalue weighted by Crippen LogP contribution is 2.32. The number of imide groups is 1. The Kier molecular flexibility index (Phi) is 4.22. The monoisotopic (exact) mass is 278 g/mol. The van der Waals surface area contributed by atoms with Crippen LogP contribution in [0.15, 0.2) is 15.3 Å². The van der Waals surface area contributed by atoms with Gasteiger partial charge in [0.1, 0.15) is 0 Å². The maximum absolute atomic E-state index is 12.0. The molecule has 2 rings (SSSR count). The maximum Gasteiger partial charge on any atom is 0.337 e. The van der Waals surface area contributed by atoms with Gasteiger partial charge < -0.3 is 4.42 Å². The van der Waals surface area contributed by atoms with E-state index in [0.29, 0.717) is 25.3 Å². The normalized spacial score (nSPS) is 13.9. The highest BCUT2D eigenvalue weighted by Gasteiger charge is 2.30. The van der Waals surface area contributed by atoms with Crippen molar-refractivity contribution in [1.82, 2.24) is 5.32 Å². The van der Waals surface area contributed by atoms with E-state index >= 15 is 0 Å². The lowest BCUT2D eigenvalue weighted by atomic mass is 10.1. The van der Waals surface area contributed by atoms with Gasteiger partial charge >= 0.3 is 11.7 Å². The zero-order chi connectivity index (χ0) is 14.7. The predicted molar refractivity (Wildman–Crippen MR) is 73.8 cm³/mol.